The lowest BCUT2D eigenvalue weighted by Crippen LogP contribution is -2.50. The Balaban J connectivity index is 1.42. The molecule has 2 atom stereocenters. The fraction of sp³-hybridized carbons (Fsp3) is 0.407. The number of piperidine rings is 1. The number of rotatable bonds is 4. The number of nitrogens with one attached hydrogen (secondary N) is 1. The predicted octanol–water partition coefficient (Wildman–Crippen LogP) is 5.24. The van der Waals surface area contributed by atoms with Gasteiger partial charge in [0.2, 0.25) is 5.95 Å². The van der Waals surface area contributed by atoms with Gasteiger partial charge < -0.3 is 15.2 Å². The van der Waals surface area contributed by atoms with E-state index in [1.165, 1.54) is 11.1 Å². The number of hydrogen-bond donors (Lipinski definition) is 2. The number of nitrogens with zero attached hydrogens (tertiary/aromatic N) is 5. The number of fused-ring (bicyclic) bond motifs is 1. The zero-order chi connectivity index (χ0) is 27.2. The summed E-state index contributed by atoms with van der Waals surface area (Å²) in [7, 11) is 0. The first kappa shape index (κ1) is 27.0. The lowest BCUT2D eigenvalue weighted by Gasteiger charge is -2.43. The fourth-order valence-electron chi connectivity index (χ4n) is 5.42. The highest BCUT2D eigenvalue weighted by atomic mass is 35.5. The van der Waals surface area contributed by atoms with Gasteiger partial charge >= 0.3 is 0 Å². The Bertz CT molecular complexity index is 1410. The van der Waals surface area contributed by atoms with E-state index in [2.05, 4.69) is 30.6 Å². The Morgan fingerprint density at radius 2 is 1.95 bits per heavy atom. The van der Waals surface area contributed by atoms with Gasteiger partial charge in [0, 0.05) is 47.8 Å². The number of anilines is 2. The van der Waals surface area contributed by atoms with Crippen LogP contribution in [0.15, 0.2) is 36.7 Å². The second kappa shape index (κ2) is 10.2. The Morgan fingerprint density at radius 1 is 1.21 bits per heavy atom. The van der Waals surface area contributed by atoms with Crippen molar-refractivity contribution in [1.29, 1.82) is 5.26 Å². The topological polar surface area (TPSA) is 127 Å². The second-order valence-electron chi connectivity index (χ2n) is 10.9. The maximum atomic E-state index is 13.1. The molecular formula is C27H29Cl2N7OS. The van der Waals surface area contributed by atoms with Gasteiger partial charge in [-0.15, -0.1) is 4.72 Å². The molecular weight excluding hydrogens is 541 g/mol. The number of nitrogen functional groups attached to an aromatic ring is 1. The zero-order valence-electron chi connectivity index (χ0n) is 21.5. The monoisotopic (exact) mass is 569 g/mol. The Kier molecular flexibility index (Phi) is 7.22. The molecule has 11 heteroatoms. The van der Waals surface area contributed by atoms with Crippen LogP contribution in [0.5, 0.6) is 0 Å². The Hall–Kier alpha value is -2.61. The van der Waals surface area contributed by atoms with Crippen molar-refractivity contribution in [1.82, 2.24) is 19.7 Å². The number of nitriles is 1. The number of benzene rings is 1. The van der Waals surface area contributed by atoms with Crippen LogP contribution in [-0.4, -0.2) is 37.3 Å². The van der Waals surface area contributed by atoms with Crippen LogP contribution in [0.4, 0.5) is 11.8 Å². The highest BCUT2D eigenvalue weighted by molar-refractivity contribution is 7.90. The number of halogens is 2. The summed E-state index contributed by atoms with van der Waals surface area (Å²) in [6.45, 7) is 7.26. The van der Waals surface area contributed by atoms with Crippen LogP contribution in [0.25, 0.3) is 11.1 Å². The van der Waals surface area contributed by atoms with Gasteiger partial charge in [-0.2, -0.15) is 10.2 Å². The van der Waals surface area contributed by atoms with E-state index in [-0.39, 0.29) is 27.7 Å². The van der Waals surface area contributed by atoms with Gasteiger partial charge in [0.15, 0.2) is 5.69 Å². The van der Waals surface area contributed by atoms with Crippen molar-refractivity contribution in [3.05, 3.63) is 63.5 Å². The van der Waals surface area contributed by atoms with Gasteiger partial charge in [-0.3, -0.25) is 4.98 Å². The third kappa shape index (κ3) is 4.80. The van der Waals surface area contributed by atoms with E-state index in [9.17, 15) is 9.81 Å². The SMILES string of the molecule is CC(C)(C)[S@@+]([O-])N[C@@H]1c2ccncc2CC12CCN(c1nc(N)c(-c3cccc(Cl)c3Cl)c(C#N)n1)CC2. The van der Waals surface area contributed by atoms with Crippen molar-refractivity contribution in [2.24, 2.45) is 5.41 Å². The van der Waals surface area contributed by atoms with E-state index in [0.29, 0.717) is 40.2 Å². The van der Waals surface area contributed by atoms with Crippen molar-refractivity contribution >= 4 is 46.3 Å². The molecule has 0 unspecified atom stereocenters. The molecule has 5 rings (SSSR count). The minimum Gasteiger partial charge on any atom is -0.598 e. The van der Waals surface area contributed by atoms with E-state index in [1.54, 1.807) is 24.4 Å². The molecule has 2 aromatic heterocycles. The highest BCUT2D eigenvalue weighted by Crippen LogP contribution is 2.52. The number of pyridine rings is 1. The van der Waals surface area contributed by atoms with E-state index < -0.39 is 11.4 Å². The van der Waals surface area contributed by atoms with Crippen molar-refractivity contribution in [2.75, 3.05) is 23.7 Å². The summed E-state index contributed by atoms with van der Waals surface area (Å²) in [4.78, 5) is 15.5. The summed E-state index contributed by atoms with van der Waals surface area (Å²) in [5.41, 5.74) is 9.67. The molecule has 1 aliphatic heterocycles. The van der Waals surface area contributed by atoms with Gasteiger partial charge in [-0.1, -0.05) is 35.3 Å². The molecule has 38 heavy (non-hydrogen) atoms. The van der Waals surface area contributed by atoms with Gasteiger partial charge in [0.05, 0.1) is 21.7 Å². The van der Waals surface area contributed by atoms with Gasteiger partial charge in [0.1, 0.15) is 16.6 Å². The number of aromatic nitrogens is 3. The van der Waals surface area contributed by atoms with E-state index >= 15 is 0 Å². The maximum absolute atomic E-state index is 13.1. The van der Waals surface area contributed by atoms with Crippen LogP contribution >= 0.6 is 23.2 Å². The van der Waals surface area contributed by atoms with E-state index in [4.69, 9.17) is 28.9 Å². The summed E-state index contributed by atoms with van der Waals surface area (Å²) >= 11 is 11.4. The summed E-state index contributed by atoms with van der Waals surface area (Å²) in [6.07, 6.45) is 6.24. The van der Waals surface area contributed by atoms with Crippen LogP contribution in [0.3, 0.4) is 0 Å². The third-order valence-electron chi connectivity index (χ3n) is 7.48. The van der Waals surface area contributed by atoms with Gasteiger partial charge in [-0.25, -0.2) is 4.98 Å². The molecule has 1 aliphatic carbocycles. The Morgan fingerprint density at radius 3 is 2.63 bits per heavy atom. The maximum Gasteiger partial charge on any atom is 0.228 e. The molecule has 3 N–H and O–H groups in total. The largest absolute Gasteiger partial charge is 0.598 e. The first-order chi connectivity index (χ1) is 18.0. The lowest BCUT2D eigenvalue weighted by molar-refractivity contribution is 0.175. The van der Waals surface area contributed by atoms with E-state index in [0.717, 1.165) is 19.3 Å². The van der Waals surface area contributed by atoms with Crippen molar-refractivity contribution < 1.29 is 4.55 Å². The summed E-state index contributed by atoms with van der Waals surface area (Å²) < 4.78 is 16.2. The summed E-state index contributed by atoms with van der Waals surface area (Å²) in [5, 5.41) is 10.6. The molecule has 0 bridgehead atoms. The Labute approximate surface area is 235 Å². The van der Waals surface area contributed by atoms with Crippen LogP contribution in [0.1, 0.15) is 56.5 Å². The normalized spacial score (nSPS) is 19.3. The summed E-state index contributed by atoms with van der Waals surface area (Å²) in [6, 6.07) is 9.31. The van der Waals surface area contributed by atoms with Crippen LogP contribution in [-0.2, 0) is 17.8 Å². The number of hydrogen-bond acceptors (Lipinski definition) is 8. The molecule has 8 nitrogen and oxygen atoms in total. The van der Waals surface area contributed by atoms with Crippen LogP contribution < -0.4 is 15.4 Å². The lowest BCUT2D eigenvalue weighted by atomic mass is 9.73. The molecule has 1 fully saturated rings. The van der Waals surface area contributed by atoms with Crippen molar-refractivity contribution in [3.8, 4) is 17.2 Å². The second-order valence-corrected chi connectivity index (χ2v) is 13.7. The van der Waals surface area contributed by atoms with Gasteiger partial charge in [-0.05, 0) is 63.3 Å². The third-order valence-corrected chi connectivity index (χ3v) is 9.86. The molecule has 1 spiro atoms. The average Bonchev–Trinajstić information content (AvgIpc) is 3.17. The number of nitrogens with two attached hydrogens (primary N) is 1. The van der Waals surface area contributed by atoms with Crippen molar-refractivity contribution in [2.45, 2.75) is 50.8 Å². The summed E-state index contributed by atoms with van der Waals surface area (Å²) in [5.74, 6) is 0.589. The highest BCUT2D eigenvalue weighted by Gasteiger charge is 2.50. The van der Waals surface area contributed by atoms with Crippen LogP contribution in [0, 0.1) is 16.7 Å². The van der Waals surface area contributed by atoms with Crippen molar-refractivity contribution in [3.63, 3.8) is 0 Å². The van der Waals surface area contributed by atoms with Crippen LogP contribution in [0.2, 0.25) is 10.0 Å². The molecule has 1 aromatic carbocycles. The minimum absolute atomic E-state index is 0.0456. The zero-order valence-corrected chi connectivity index (χ0v) is 23.8. The van der Waals surface area contributed by atoms with Gasteiger partial charge in [0.25, 0.3) is 0 Å². The molecule has 2 aliphatic rings. The molecule has 198 valence electrons. The molecule has 0 amide bonds. The quantitative estimate of drug-likeness (QED) is 0.408. The smallest absolute Gasteiger partial charge is 0.228 e. The molecule has 1 saturated heterocycles. The first-order valence-electron chi connectivity index (χ1n) is 12.4. The fourth-order valence-corrected chi connectivity index (χ4v) is 6.76. The predicted molar refractivity (Wildman–Crippen MR) is 152 cm³/mol. The molecule has 3 heterocycles. The first-order valence-corrected chi connectivity index (χ1v) is 14.3. The molecule has 0 radical (unpaired) electrons. The standard InChI is InChI=1S/C27H29Cl2N7OS/c1-26(2,3)38(37)35-23-17-7-10-32-15-16(17)13-27(23)8-11-36(12-9-27)25-33-20(14-30)21(24(31)34-25)18-5-4-6-19(28)22(18)29/h4-7,10,15,23,35H,8-9,11-13H2,1-3H3,(H2,31,33,34)/t23-,38-/m1/s1. The average molecular weight is 571 g/mol. The molecule has 0 saturated carbocycles. The van der Waals surface area contributed by atoms with E-state index in [1.807, 2.05) is 33.0 Å². The molecule has 3 aromatic rings. The minimum atomic E-state index is -1.22.